The van der Waals surface area contributed by atoms with E-state index in [-0.39, 0.29) is 17.7 Å². The Balaban J connectivity index is 1.71. The summed E-state index contributed by atoms with van der Waals surface area (Å²) in [6.07, 6.45) is 1.90. The number of benzene rings is 3. The number of aromatic amines is 1. The summed E-state index contributed by atoms with van der Waals surface area (Å²) >= 11 is 1.28. The largest absolute Gasteiger partial charge is 0.493 e. The number of nitrogens with one attached hydrogen (secondary N) is 1. The average molecular weight is 580 g/mol. The second-order valence-electron chi connectivity index (χ2n) is 9.72. The van der Waals surface area contributed by atoms with Crippen LogP contribution in [0.15, 0.2) is 88.2 Å². The molecule has 6 rings (SSSR count). The van der Waals surface area contributed by atoms with Crippen molar-refractivity contribution in [3.63, 3.8) is 0 Å². The standard InChI is InChI=1S/C33H29N3O5S/c1-5-41-32(38)27-28(20-12-7-6-8-13-20)35-33-36(29(27)22-15-11-17-25(39-3)30(22)40-4)31(37)26(42-33)18-23-19(2)34-24-16-10-9-14-21(23)24/h6-18,29,34H,5H2,1-4H3. The van der Waals surface area contributed by atoms with Gasteiger partial charge >= 0.3 is 5.97 Å². The molecule has 1 atom stereocenters. The predicted octanol–water partition coefficient (Wildman–Crippen LogP) is 4.74. The number of aryl methyl sites for hydroxylation is 1. The first-order chi connectivity index (χ1) is 20.5. The Morgan fingerprint density at radius 2 is 1.79 bits per heavy atom. The van der Waals surface area contributed by atoms with E-state index >= 15 is 0 Å². The molecule has 1 aliphatic rings. The maximum absolute atomic E-state index is 14.3. The summed E-state index contributed by atoms with van der Waals surface area (Å²) in [5.41, 5.74) is 4.61. The van der Waals surface area contributed by atoms with Gasteiger partial charge < -0.3 is 19.2 Å². The Kier molecular flexibility index (Phi) is 7.26. The normalized spacial score (nSPS) is 15.0. The minimum absolute atomic E-state index is 0.163. The van der Waals surface area contributed by atoms with E-state index in [1.807, 2.05) is 79.7 Å². The number of hydrogen-bond acceptors (Lipinski definition) is 7. The summed E-state index contributed by atoms with van der Waals surface area (Å²) < 4.78 is 19.0. The van der Waals surface area contributed by atoms with Crippen LogP contribution in [-0.2, 0) is 9.53 Å². The molecule has 0 saturated heterocycles. The highest BCUT2D eigenvalue weighted by atomic mass is 32.1. The third-order valence-electron chi connectivity index (χ3n) is 7.32. The molecule has 9 heteroatoms. The number of ether oxygens (including phenoxy) is 3. The molecular formula is C33H29N3O5S. The molecule has 0 amide bonds. The first-order valence-corrected chi connectivity index (χ1v) is 14.3. The van der Waals surface area contributed by atoms with Crippen molar-refractivity contribution in [2.75, 3.05) is 20.8 Å². The Bertz CT molecular complexity index is 2040. The summed E-state index contributed by atoms with van der Waals surface area (Å²) in [5, 5.41) is 1.02. The zero-order valence-corrected chi connectivity index (χ0v) is 24.5. The lowest BCUT2D eigenvalue weighted by Crippen LogP contribution is -2.40. The molecule has 42 heavy (non-hydrogen) atoms. The molecule has 212 valence electrons. The van der Waals surface area contributed by atoms with Gasteiger partial charge in [-0.1, -0.05) is 72.0 Å². The number of hydrogen-bond donors (Lipinski definition) is 1. The molecule has 0 fully saturated rings. The van der Waals surface area contributed by atoms with E-state index in [0.29, 0.717) is 32.1 Å². The van der Waals surface area contributed by atoms with Crippen LogP contribution in [-0.4, -0.2) is 36.3 Å². The number of thiazole rings is 1. The number of nitrogens with zero attached hydrogens (tertiary/aromatic N) is 2. The summed E-state index contributed by atoms with van der Waals surface area (Å²) in [5.74, 6) is 0.341. The van der Waals surface area contributed by atoms with Gasteiger partial charge in [0.15, 0.2) is 16.3 Å². The Labute approximate surface area is 245 Å². The lowest BCUT2D eigenvalue weighted by Gasteiger charge is -2.27. The van der Waals surface area contributed by atoms with E-state index in [0.717, 1.165) is 27.7 Å². The fraction of sp³-hybridized carbons (Fsp3) is 0.182. The van der Waals surface area contributed by atoms with Gasteiger partial charge in [0, 0.05) is 33.3 Å². The number of methoxy groups -OCH3 is 2. The Morgan fingerprint density at radius 1 is 1.02 bits per heavy atom. The van der Waals surface area contributed by atoms with Crippen molar-refractivity contribution in [2.45, 2.75) is 19.9 Å². The lowest BCUT2D eigenvalue weighted by atomic mass is 9.92. The zero-order valence-electron chi connectivity index (χ0n) is 23.6. The quantitative estimate of drug-likeness (QED) is 0.281. The van der Waals surface area contributed by atoms with Crippen molar-refractivity contribution >= 4 is 40.0 Å². The number of esters is 1. The molecular weight excluding hydrogens is 550 g/mol. The second kappa shape index (κ2) is 11.2. The van der Waals surface area contributed by atoms with Gasteiger partial charge in [0.2, 0.25) is 0 Å². The van der Waals surface area contributed by atoms with Gasteiger partial charge in [-0.25, -0.2) is 9.79 Å². The molecule has 1 unspecified atom stereocenters. The monoisotopic (exact) mass is 579 g/mol. The summed E-state index contributed by atoms with van der Waals surface area (Å²) in [4.78, 5) is 36.9. The van der Waals surface area contributed by atoms with Crippen LogP contribution in [0.4, 0.5) is 0 Å². The molecule has 3 heterocycles. The molecule has 0 saturated carbocycles. The number of H-pyrrole nitrogens is 1. The van der Waals surface area contributed by atoms with E-state index < -0.39 is 12.0 Å². The first kappa shape index (κ1) is 27.3. The number of aromatic nitrogens is 2. The van der Waals surface area contributed by atoms with Crippen molar-refractivity contribution in [2.24, 2.45) is 4.99 Å². The average Bonchev–Trinajstić information content (AvgIpc) is 3.51. The molecule has 1 N–H and O–H groups in total. The van der Waals surface area contributed by atoms with Crippen molar-refractivity contribution in [3.05, 3.63) is 120 Å². The molecule has 5 aromatic rings. The molecule has 0 bridgehead atoms. The third kappa shape index (κ3) is 4.52. The zero-order chi connectivity index (χ0) is 29.4. The van der Waals surface area contributed by atoms with E-state index in [1.54, 1.807) is 24.7 Å². The molecule has 0 radical (unpaired) electrons. The van der Waals surface area contributed by atoms with E-state index in [2.05, 4.69) is 4.98 Å². The smallest absolute Gasteiger partial charge is 0.338 e. The molecule has 2 aromatic heterocycles. The van der Waals surface area contributed by atoms with E-state index in [1.165, 1.54) is 18.4 Å². The van der Waals surface area contributed by atoms with Crippen LogP contribution in [0.2, 0.25) is 0 Å². The summed E-state index contributed by atoms with van der Waals surface area (Å²) in [7, 11) is 3.09. The molecule has 0 spiro atoms. The minimum atomic E-state index is -0.883. The number of carbonyl (C=O) groups excluding carboxylic acids is 1. The van der Waals surface area contributed by atoms with Crippen molar-refractivity contribution in [3.8, 4) is 11.5 Å². The number of para-hydroxylation sites is 2. The van der Waals surface area contributed by atoms with Crippen LogP contribution < -0.4 is 24.4 Å². The highest BCUT2D eigenvalue weighted by molar-refractivity contribution is 7.07. The van der Waals surface area contributed by atoms with Crippen LogP contribution in [0.5, 0.6) is 11.5 Å². The van der Waals surface area contributed by atoms with Crippen LogP contribution in [0.25, 0.3) is 22.7 Å². The summed E-state index contributed by atoms with van der Waals surface area (Å²) in [6.45, 7) is 3.90. The van der Waals surface area contributed by atoms with Crippen LogP contribution in [0.3, 0.4) is 0 Å². The predicted molar refractivity (Wildman–Crippen MR) is 164 cm³/mol. The van der Waals surface area contributed by atoms with E-state index in [9.17, 15) is 9.59 Å². The van der Waals surface area contributed by atoms with Crippen molar-refractivity contribution in [1.82, 2.24) is 9.55 Å². The van der Waals surface area contributed by atoms with Gasteiger partial charge in [-0.3, -0.25) is 9.36 Å². The lowest BCUT2D eigenvalue weighted by molar-refractivity contribution is -0.138. The van der Waals surface area contributed by atoms with Gasteiger partial charge in [0.05, 0.1) is 36.6 Å². The summed E-state index contributed by atoms with van der Waals surface area (Å²) in [6, 6.07) is 22.0. The Morgan fingerprint density at radius 3 is 2.52 bits per heavy atom. The first-order valence-electron chi connectivity index (χ1n) is 13.5. The topological polar surface area (TPSA) is 94.9 Å². The van der Waals surface area contributed by atoms with Gasteiger partial charge in [0.1, 0.15) is 6.04 Å². The maximum Gasteiger partial charge on any atom is 0.338 e. The fourth-order valence-electron chi connectivity index (χ4n) is 5.48. The van der Waals surface area contributed by atoms with Gasteiger partial charge in [-0.05, 0) is 32.1 Å². The molecule has 1 aliphatic heterocycles. The minimum Gasteiger partial charge on any atom is -0.493 e. The second-order valence-corrected chi connectivity index (χ2v) is 10.7. The van der Waals surface area contributed by atoms with Crippen molar-refractivity contribution < 1.29 is 19.0 Å². The van der Waals surface area contributed by atoms with Crippen LogP contribution in [0, 0.1) is 6.92 Å². The van der Waals surface area contributed by atoms with Gasteiger partial charge in [0.25, 0.3) is 5.56 Å². The third-order valence-corrected chi connectivity index (χ3v) is 8.30. The SMILES string of the molecule is CCOC(=O)C1=C(c2ccccc2)N=c2sc(=Cc3c(C)[nH]c4ccccc34)c(=O)n2C1c1cccc(OC)c1OC. The Hall–Kier alpha value is -4.89. The number of fused-ring (bicyclic) bond motifs is 2. The highest BCUT2D eigenvalue weighted by Gasteiger charge is 2.37. The highest BCUT2D eigenvalue weighted by Crippen LogP contribution is 2.42. The molecule has 0 aliphatic carbocycles. The van der Waals surface area contributed by atoms with Crippen LogP contribution in [0.1, 0.15) is 35.3 Å². The van der Waals surface area contributed by atoms with E-state index in [4.69, 9.17) is 19.2 Å². The van der Waals surface area contributed by atoms with Crippen molar-refractivity contribution in [1.29, 1.82) is 0 Å². The fourth-order valence-corrected chi connectivity index (χ4v) is 6.46. The number of rotatable bonds is 7. The molecule has 3 aromatic carbocycles. The van der Waals surface area contributed by atoms with Gasteiger partial charge in [-0.15, -0.1) is 0 Å². The number of carbonyl (C=O) groups is 1. The van der Waals surface area contributed by atoms with Crippen LogP contribution >= 0.6 is 11.3 Å². The van der Waals surface area contributed by atoms with Gasteiger partial charge in [-0.2, -0.15) is 0 Å². The molecule has 8 nitrogen and oxygen atoms in total. The maximum atomic E-state index is 14.3.